The molecular formula is C14H20N2O. The van der Waals surface area contributed by atoms with Crippen LogP contribution in [0.2, 0.25) is 0 Å². The highest BCUT2D eigenvalue weighted by molar-refractivity contribution is 5.97. The lowest BCUT2D eigenvalue weighted by Crippen LogP contribution is -2.21. The second-order valence-corrected chi connectivity index (χ2v) is 4.62. The highest BCUT2D eigenvalue weighted by Crippen LogP contribution is 2.10. The maximum absolute atomic E-state index is 11.4. The molecule has 0 aromatic heterocycles. The van der Waals surface area contributed by atoms with Gasteiger partial charge in [0.05, 0.1) is 6.54 Å². The lowest BCUT2D eigenvalue weighted by Gasteiger charge is -2.14. The molecule has 17 heavy (non-hydrogen) atoms. The quantitative estimate of drug-likeness (QED) is 0.782. The van der Waals surface area contributed by atoms with Crippen LogP contribution in [0.5, 0.6) is 0 Å². The monoisotopic (exact) mass is 232 g/mol. The molecule has 0 spiro atoms. The van der Waals surface area contributed by atoms with Gasteiger partial charge in [0.2, 0.25) is 0 Å². The summed E-state index contributed by atoms with van der Waals surface area (Å²) in [6.07, 6.45) is 3.74. The van der Waals surface area contributed by atoms with E-state index in [1.807, 2.05) is 24.3 Å². The SMILES string of the molecule is NCC(=O)c1ccc(CCN2CCCC2)cc1. The van der Waals surface area contributed by atoms with Gasteiger partial charge in [-0.1, -0.05) is 24.3 Å². The van der Waals surface area contributed by atoms with Gasteiger partial charge < -0.3 is 10.6 Å². The fourth-order valence-corrected chi connectivity index (χ4v) is 2.27. The largest absolute Gasteiger partial charge is 0.324 e. The van der Waals surface area contributed by atoms with Crippen molar-refractivity contribution in [2.45, 2.75) is 19.3 Å². The van der Waals surface area contributed by atoms with E-state index in [1.54, 1.807) is 0 Å². The summed E-state index contributed by atoms with van der Waals surface area (Å²) in [5, 5.41) is 0. The Morgan fingerprint density at radius 1 is 1.18 bits per heavy atom. The predicted octanol–water partition coefficient (Wildman–Crippen LogP) is 1.47. The molecule has 1 aromatic carbocycles. The van der Waals surface area contributed by atoms with E-state index in [0.717, 1.165) is 18.5 Å². The van der Waals surface area contributed by atoms with Crippen molar-refractivity contribution in [2.75, 3.05) is 26.2 Å². The summed E-state index contributed by atoms with van der Waals surface area (Å²) in [4.78, 5) is 13.9. The molecule has 0 saturated carbocycles. The normalized spacial score (nSPS) is 16.3. The molecule has 1 fully saturated rings. The molecule has 0 atom stereocenters. The van der Waals surface area contributed by atoms with E-state index in [1.165, 1.54) is 31.5 Å². The molecule has 2 rings (SSSR count). The van der Waals surface area contributed by atoms with Gasteiger partial charge in [-0.05, 0) is 37.9 Å². The third-order valence-corrected chi connectivity index (χ3v) is 3.38. The molecule has 1 aromatic rings. The van der Waals surface area contributed by atoms with Gasteiger partial charge in [0.1, 0.15) is 0 Å². The summed E-state index contributed by atoms with van der Waals surface area (Å²) in [7, 11) is 0. The first-order valence-corrected chi connectivity index (χ1v) is 6.34. The standard InChI is InChI=1S/C14H20N2O/c15-11-14(17)13-5-3-12(4-6-13)7-10-16-8-1-2-9-16/h3-6H,1-2,7-11,15H2. The lowest BCUT2D eigenvalue weighted by atomic mass is 10.1. The molecule has 1 aliphatic rings. The van der Waals surface area contributed by atoms with Gasteiger partial charge in [0.25, 0.3) is 0 Å². The molecule has 0 unspecified atom stereocenters. The molecule has 3 heteroatoms. The van der Waals surface area contributed by atoms with E-state index in [-0.39, 0.29) is 12.3 Å². The second kappa shape index (κ2) is 5.94. The van der Waals surface area contributed by atoms with E-state index in [0.29, 0.717) is 0 Å². The van der Waals surface area contributed by atoms with Gasteiger partial charge >= 0.3 is 0 Å². The van der Waals surface area contributed by atoms with Gasteiger partial charge in [-0.15, -0.1) is 0 Å². The zero-order valence-electron chi connectivity index (χ0n) is 10.2. The molecule has 0 bridgehead atoms. The third-order valence-electron chi connectivity index (χ3n) is 3.38. The van der Waals surface area contributed by atoms with E-state index >= 15 is 0 Å². The van der Waals surface area contributed by atoms with E-state index < -0.39 is 0 Å². The number of hydrogen-bond donors (Lipinski definition) is 1. The van der Waals surface area contributed by atoms with Crippen LogP contribution in [0.25, 0.3) is 0 Å². The molecule has 0 amide bonds. The Kier molecular flexibility index (Phi) is 4.29. The van der Waals surface area contributed by atoms with E-state index in [2.05, 4.69) is 4.90 Å². The van der Waals surface area contributed by atoms with E-state index in [9.17, 15) is 4.79 Å². The van der Waals surface area contributed by atoms with Crippen LogP contribution in [0.3, 0.4) is 0 Å². The predicted molar refractivity (Wildman–Crippen MR) is 69.2 cm³/mol. The summed E-state index contributed by atoms with van der Waals surface area (Å²) >= 11 is 0. The average molecular weight is 232 g/mol. The van der Waals surface area contributed by atoms with Crippen LogP contribution in [0.15, 0.2) is 24.3 Å². The summed E-state index contributed by atoms with van der Waals surface area (Å²) in [6, 6.07) is 7.85. The minimum Gasteiger partial charge on any atom is -0.324 e. The zero-order valence-corrected chi connectivity index (χ0v) is 10.2. The highest BCUT2D eigenvalue weighted by atomic mass is 16.1. The van der Waals surface area contributed by atoms with Gasteiger partial charge in [-0.3, -0.25) is 4.79 Å². The van der Waals surface area contributed by atoms with Crippen molar-refractivity contribution in [1.29, 1.82) is 0 Å². The summed E-state index contributed by atoms with van der Waals surface area (Å²) in [5.74, 6) is 0.0103. The number of Topliss-reactive ketones (excluding diaryl/α,β-unsaturated/α-hetero) is 1. The van der Waals surface area contributed by atoms with Gasteiger partial charge in [0.15, 0.2) is 5.78 Å². The number of nitrogens with two attached hydrogens (primary N) is 1. The first kappa shape index (κ1) is 12.3. The molecule has 3 nitrogen and oxygen atoms in total. The molecular weight excluding hydrogens is 212 g/mol. The number of rotatable bonds is 5. The Morgan fingerprint density at radius 2 is 1.82 bits per heavy atom. The number of carbonyl (C=O) groups is 1. The fourth-order valence-electron chi connectivity index (χ4n) is 2.27. The molecule has 1 heterocycles. The Bertz CT molecular complexity index is 366. The third kappa shape index (κ3) is 3.38. The number of hydrogen-bond acceptors (Lipinski definition) is 3. The smallest absolute Gasteiger partial charge is 0.176 e. The number of benzene rings is 1. The molecule has 0 radical (unpaired) electrons. The number of nitrogens with zero attached hydrogens (tertiary/aromatic N) is 1. The first-order chi connectivity index (χ1) is 8.29. The first-order valence-electron chi connectivity index (χ1n) is 6.34. The van der Waals surface area contributed by atoms with Crippen LogP contribution >= 0.6 is 0 Å². The molecule has 1 aliphatic heterocycles. The number of likely N-dealkylation sites (tertiary alicyclic amines) is 1. The zero-order chi connectivity index (χ0) is 12.1. The maximum atomic E-state index is 11.4. The minimum atomic E-state index is 0.0103. The van der Waals surface area contributed by atoms with Gasteiger partial charge in [0, 0.05) is 12.1 Å². The van der Waals surface area contributed by atoms with Crippen LogP contribution in [0.4, 0.5) is 0 Å². The summed E-state index contributed by atoms with van der Waals surface area (Å²) in [5.41, 5.74) is 7.34. The summed E-state index contributed by atoms with van der Waals surface area (Å²) in [6.45, 7) is 3.70. The van der Waals surface area contributed by atoms with Crippen molar-refractivity contribution < 1.29 is 4.79 Å². The Hall–Kier alpha value is -1.19. The van der Waals surface area contributed by atoms with Crippen molar-refractivity contribution in [1.82, 2.24) is 4.90 Å². The molecule has 2 N–H and O–H groups in total. The lowest BCUT2D eigenvalue weighted by molar-refractivity contribution is 0.100. The molecule has 92 valence electrons. The van der Waals surface area contributed by atoms with Crippen LogP contribution < -0.4 is 5.73 Å². The van der Waals surface area contributed by atoms with E-state index in [4.69, 9.17) is 5.73 Å². The van der Waals surface area contributed by atoms with Crippen LogP contribution in [-0.4, -0.2) is 36.9 Å². The van der Waals surface area contributed by atoms with Crippen molar-refractivity contribution >= 4 is 5.78 Å². The number of ketones is 1. The fraction of sp³-hybridized carbons (Fsp3) is 0.500. The number of carbonyl (C=O) groups excluding carboxylic acids is 1. The van der Waals surface area contributed by atoms with Crippen LogP contribution in [-0.2, 0) is 6.42 Å². The van der Waals surface area contributed by atoms with Gasteiger partial charge in [-0.2, -0.15) is 0 Å². The molecule has 1 saturated heterocycles. The Balaban J connectivity index is 1.87. The second-order valence-electron chi connectivity index (χ2n) is 4.62. The van der Waals surface area contributed by atoms with Gasteiger partial charge in [-0.25, -0.2) is 0 Å². The topological polar surface area (TPSA) is 46.3 Å². The van der Waals surface area contributed by atoms with Crippen molar-refractivity contribution in [3.05, 3.63) is 35.4 Å². The van der Waals surface area contributed by atoms with Crippen molar-refractivity contribution in [3.63, 3.8) is 0 Å². The van der Waals surface area contributed by atoms with Crippen molar-refractivity contribution in [3.8, 4) is 0 Å². The Labute approximate surface area is 103 Å². The summed E-state index contributed by atoms with van der Waals surface area (Å²) < 4.78 is 0. The Morgan fingerprint density at radius 3 is 2.41 bits per heavy atom. The van der Waals surface area contributed by atoms with Crippen LogP contribution in [0.1, 0.15) is 28.8 Å². The minimum absolute atomic E-state index is 0.0103. The van der Waals surface area contributed by atoms with Crippen LogP contribution in [0, 0.1) is 0 Å². The van der Waals surface area contributed by atoms with Crippen molar-refractivity contribution in [2.24, 2.45) is 5.73 Å². The maximum Gasteiger partial charge on any atom is 0.176 e. The highest BCUT2D eigenvalue weighted by Gasteiger charge is 2.10. The molecule has 0 aliphatic carbocycles. The average Bonchev–Trinajstić information content (AvgIpc) is 2.89.